The summed E-state index contributed by atoms with van der Waals surface area (Å²) in [4.78, 5) is 45.2. The van der Waals surface area contributed by atoms with E-state index < -0.39 is 28.8 Å². The minimum Gasteiger partial charge on any atom is -0.465 e. The first-order valence-electron chi connectivity index (χ1n) is 10.9. The molecule has 1 fully saturated rings. The van der Waals surface area contributed by atoms with Crippen LogP contribution in [0.4, 0.5) is 11.4 Å². The summed E-state index contributed by atoms with van der Waals surface area (Å²) < 4.78 is 5.10. The molecule has 34 heavy (non-hydrogen) atoms. The number of aliphatic imine (C=N–C) groups is 1. The number of esters is 1. The molecule has 2 aromatic carbocycles. The number of amides is 1. The highest BCUT2D eigenvalue weighted by Crippen LogP contribution is 2.33. The topological polar surface area (TPSA) is 117 Å². The number of guanidine groups is 1. The van der Waals surface area contributed by atoms with Crippen LogP contribution < -0.4 is 10.2 Å². The molecule has 11 heteroatoms. The molecule has 0 radical (unpaired) electrons. The molecule has 2 atom stereocenters. The van der Waals surface area contributed by atoms with Gasteiger partial charge < -0.3 is 14.5 Å². The number of carbonyl (C=O) groups excluding carboxylic acids is 2. The number of benzene rings is 2. The first kappa shape index (κ1) is 23.5. The molecule has 2 aromatic rings. The van der Waals surface area contributed by atoms with Crippen LogP contribution in [0.15, 0.2) is 53.5 Å². The van der Waals surface area contributed by atoms with Gasteiger partial charge >= 0.3 is 5.97 Å². The predicted octanol–water partition coefficient (Wildman–Crippen LogP) is 2.78. The average molecular weight is 486 g/mol. The van der Waals surface area contributed by atoms with Crippen molar-refractivity contribution in [1.82, 2.24) is 10.2 Å². The molecular weight excluding hydrogens is 462 g/mol. The molecule has 2 aliphatic heterocycles. The Balaban J connectivity index is 1.59. The van der Waals surface area contributed by atoms with Gasteiger partial charge in [-0.25, -0.2) is 4.99 Å². The number of piperazine rings is 1. The van der Waals surface area contributed by atoms with Crippen molar-refractivity contribution in [2.45, 2.75) is 13.0 Å². The lowest BCUT2D eigenvalue weighted by Gasteiger charge is -2.39. The molecule has 0 bridgehead atoms. The molecule has 0 aromatic heterocycles. The average Bonchev–Trinajstić information content (AvgIpc) is 2.84. The van der Waals surface area contributed by atoms with Crippen LogP contribution in [0.1, 0.15) is 18.5 Å². The summed E-state index contributed by atoms with van der Waals surface area (Å²) in [6.07, 6.45) is 0. The zero-order valence-corrected chi connectivity index (χ0v) is 19.3. The van der Waals surface area contributed by atoms with Crippen LogP contribution in [0.3, 0.4) is 0 Å². The Hall–Kier alpha value is -3.66. The van der Waals surface area contributed by atoms with E-state index in [2.05, 4.69) is 15.2 Å². The molecule has 1 N–H and O–H groups in total. The van der Waals surface area contributed by atoms with Crippen molar-refractivity contribution in [3.63, 3.8) is 0 Å². The van der Waals surface area contributed by atoms with Gasteiger partial charge in [0.15, 0.2) is 5.92 Å². The summed E-state index contributed by atoms with van der Waals surface area (Å²) in [6, 6.07) is 12.5. The third kappa shape index (κ3) is 4.96. The van der Waals surface area contributed by atoms with Crippen LogP contribution in [0.25, 0.3) is 0 Å². The van der Waals surface area contributed by atoms with Gasteiger partial charge in [-0.1, -0.05) is 23.7 Å². The molecule has 2 unspecified atom stereocenters. The highest BCUT2D eigenvalue weighted by Gasteiger charge is 2.42. The lowest BCUT2D eigenvalue weighted by molar-refractivity contribution is -0.384. The molecule has 0 spiro atoms. The molecule has 10 nitrogen and oxygen atoms in total. The van der Waals surface area contributed by atoms with E-state index in [1.54, 1.807) is 13.0 Å². The van der Waals surface area contributed by atoms with Gasteiger partial charge in [0, 0.05) is 49.0 Å². The number of nitro benzene ring substituents is 1. The highest BCUT2D eigenvalue weighted by molar-refractivity contribution is 6.30. The highest BCUT2D eigenvalue weighted by atomic mass is 35.5. The van der Waals surface area contributed by atoms with Gasteiger partial charge in [0.2, 0.25) is 11.9 Å². The van der Waals surface area contributed by atoms with Crippen LogP contribution in [0.2, 0.25) is 5.02 Å². The molecule has 0 aliphatic carbocycles. The number of hydrogen-bond acceptors (Lipinski definition) is 8. The Bertz CT molecular complexity index is 1110. The first-order valence-corrected chi connectivity index (χ1v) is 11.3. The molecule has 1 amide bonds. The smallest absolute Gasteiger partial charge is 0.321 e. The van der Waals surface area contributed by atoms with Crippen molar-refractivity contribution in [1.29, 1.82) is 0 Å². The van der Waals surface area contributed by atoms with Crippen molar-refractivity contribution in [2.75, 3.05) is 37.7 Å². The lowest BCUT2D eigenvalue weighted by Crippen LogP contribution is -2.57. The van der Waals surface area contributed by atoms with E-state index in [-0.39, 0.29) is 12.3 Å². The molecule has 2 heterocycles. The largest absolute Gasteiger partial charge is 0.465 e. The zero-order chi connectivity index (χ0) is 24.2. The fourth-order valence-electron chi connectivity index (χ4n) is 4.12. The fraction of sp³-hybridized carbons (Fsp3) is 0.348. The molecule has 1 saturated heterocycles. The molecular formula is C23H24ClN5O5. The predicted molar refractivity (Wildman–Crippen MR) is 127 cm³/mol. The quantitative estimate of drug-likeness (QED) is 0.299. The molecule has 2 aliphatic rings. The van der Waals surface area contributed by atoms with E-state index >= 15 is 0 Å². The Labute approximate surface area is 201 Å². The van der Waals surface area contributed by atoms with E-state index in [9.17, 15) is 19.7 Å². The van der Waals surface area contributed by atoms with Gasteiger partial charge in [0.05, 0.1) is 11.5 Å². The molecule has 0 saturated carbocycles. The van der Waals surface area contributed by atoms with Gasteiger partial charge in [0.1, 0.15) is 6.04 Å². The molecule has 4 rings (SSSR count). The van der Waals surface area contributed by atoms with E-state index in [1.165, 1.54) is 18.2 Å². The maximum absolute atomic E-state index is 13.0. The number of nitrogens with one attached hydrogen (secondary N) is 1. The van der Waals surface area contributed by atoms with Crippen molar-refractivity contribution in [3.8, 4) is 0 Å². The maximum Gasteiger partial charge on any atom is 0.321 e. The van der Waals surface area contributed by atoms with Crippen molar-refractivity contribution < 1.29 is 19.2 Å². The summed E-state index contributed by atoms with van der Waals surface area (Å²) in [6.45, 7) is 4.32. The number of anilines is 1. The van der Waals surface area contributed by atoms with Gasteiger partial charge in [-0.3, -0.25) is 25.0 Å². The normalized spacial score (nSPS) is 20.4. The van der Waals surface area contributed by atoms with E-state index in [1.807, 2.05) is 29.2 Å². The van der Waals surface area contributed by atoms with Crippen LogP contribution >= 0.6 is 11.6 Å². The Morgan fingerprint density at radius 1 is 1.18 bits per heavy atom. The van der Waals surface area contributed by atoms with E-state index in [4.69, 9.17) is 16.3 Å². The Morgan fingerprint density at radius 3 is 2.50 bits per heavy atom. The SMILES string of the molecule is CCOC(=O)C1C(=O)NC(N2CCN(c3ccc(Cl)cc3)CC2)=NC1c1cccc([N+](=O)[O-])c1. The van der Waals surface area contributed by atoms with Crippen molar-refractivity contribution >= 4 is 40.8 Å². The van der Waals surface area contributed by atoms with Crippen molar-refractivity contribution in [2.24, 2.45) is 10.9 Å². The lowest BCUT2D eigenvalue weighted by atomic mass is 9.91. The van der Waals surface area contributed by atoms with Crippen molar-refractivity contribution in [3.05, 3.63) is 69.2 Å². The van der Waals surface area contributed by atoms with Crippen LogP contribution in [-0.4, -0.2) is 60.4 Å². The number of rotatable bonds is 5. The minimum atomic E-state index is -1.24. The van der Waals surface area contributed by atoms with Crippen LogP contribution in [0, 0.1) is 16.0 Å². The second-order valence-corrected chi connectivity index (χ2v) is 8.36. The third-order valence-electron chi connectivity index (χ3n) is 5.83. The summed E-state index contributed by atoms with van der Waals surface area (Å²) in [7, 11) is 0. The van der Waals surface area contributed by atoms with Gasteiger partial charge in [-0.05, 0) is 36.8 Å². The Kier molecular flexibility index (Phi) is 6.97. The second-order valence-electron chi connectivity index (χ2n) is 7.92. The number of ether oxygens (including phenoxy) is 1. The second kappa shape index (κ2) is 10.1. The number of halogens is 1. The number of carbonyl (C=O) groups is 2. The maximum atomic E-state index is 13.0. The third-order valence-corrected chi connectivity index (χ3v) is 6.08. The number of nitrogens with zero attached hydrogens (tertiary/aromatic N) is 4. The summed E-state index contributed by atoms with van der Waals surface area (Å²) in [5.41, 5.74) is 1.31. The first-order chi connectivity index (χ1) is 16.4. The monoisotopic (exact) mass is 485 g/mol. The minimum absolute atomic E-state index is 0.105. The van der Waals surface area contributed by atoms with Crippen LogP contribution in [-0.2, 0) is 14.3 Å². The van der Waals surface area contributed by atoms with Gasteiger partial charge in [0.25, 0.3) is 5.69 Å². The summed E-state index contributed by atoms with van der Waals surface area (Å²) in [5, 5.41) is 14.7. The number of nitro groups is 1. The standard InChI is InChI=1S/C23H24ClN5O5/c1-2-34-22(31)19-20(15-4-3-5-18(14-15)29(32)33)25-23(26-21(19)30)28-12-10-27(11-13-28)17-8-6-16(24)7-9-17/h3-9,14,19-20H,2,10-13H2,1H3,(H,25,26,30). The molecule has 178 valence electrons. The summed E-state index contributed by atoms with van der Waals surface area (Å²) in [5.74, 6) is -2.15. The van der Waals surface area contributed by atoms with E-state index in [0.29, 0.717) is 42.7 Å². The number of non-ortho nitro benzene ring substituents is 1. The Morgan fingerprint density at radius 2 is 1.85 bits per heavy atom. The van der Waals surface area contributed by atoms with E-state index in [0.717, 1.165) is 5.69 Å². The fourth-order valence-corrected chi connectivity index (χ4v) is 4.24. The number of hydrogen-bond donors (Lipinski definition) is 1. The van der Waals surface area contributed by atoms with Gasteiger partial charge in [-0.15, -0.1) is 0 Å². The summed E-state index contributed by atoms with van der Waals surface area (Å²) >= 11 is 5.98. The zero-order valence-electron chi connectivity index (χ0n) is 18.5. The van der Waals surface area contributed by atoms with Gasteiger partial charge in [-0.2, -0.15) is 0 Å². The van der Waals surface area contributed by atoms with Crippen LogP contribution in [0.5, 0.6) is 0 Å².